The van der Waals surface area contributed by atoms with Crippen LogP contribution in [0.25, 0.3) is 6.08 Å². The maximum Gasteiger partial charge on any atom is 0.264 e. The largest absolute Gasteiger partial charge is 0.348 e. The molecule has 1 heterocycles. The summed E-state index contributed by atoms with van der Waals surface area (Å²) in [6.45, 7) is 2.43. The fourth-order valence-electron chi connectivity index (χ4n) is 3.31. The van der Waals surface area contributed by atoms with Crippen LogP contribution in [0.1, 0.15) is 27.0 Å². The molecule has 0 fully saturated rings. The van der Waals surface area contributed by atoms with E-state index in [2.05, 4.69) is 5.32 Å². The topological polar surface area (TPSA) is 49.4 Å². The van der Waals surface area contributed by atoms with Crippen LogP contribution in [0.4, 0.5) is 5.69 Å². The van der Waals surface area contributed by atoms with Crippen molar-refractivity contribution in [2.24, 2.45) is 0 Å². The number of fused-ring (bicyclic) bond motifs is 1. The van der Waals surface area contributed by atoms with Crippen molar-refractivity contribution in [1.29, 1.82) is 0 Å². The first kappa shape index (κ1) is 21.2. The molecule has 0 saturated heterocycles. The summed E-state index contributed by atoms with van der Waals surface area (Å²) in [5, 5.41) is 3.57. The summed E-state index contributed by atoms with van der Waals surface area (Å²) >= 11 is 7.33. The van der Waals surface area contributed by atoms with E-state index in [-0.39, 0.29) is 11.8 Å². The summed E-state index contributed by atoms with van der Waals surface area (Å²) < 4.78 is 0. The Morgan fingerprint density at radius 1 is 1.10 bits per heavy atom. The molecule has 31 heavy (non-hydrogen) atoms. The molecule has 1 aliphatic rings. The van der Waals surface area contributed by atoms with Gasteiger partial charge in [0.1, 0.15) is 0 Å². The van der Waals surface area contributed by atoms with Crippen LogP contribution in [-0.2, 0) is 11.3 Å². The third-order valence-electron chi connectivity index (χ3n) is 5.16. The first-order valence-corrected chi connectivity index (χ1v) is 11.0. The molecular formula is C25H21ClN2O2S. The summed E-state index contributed by atoms with van der Waals surface area (Å²) in [5.41, 5.74) is 4.35. The van der Waals surface area contributed by atoms with Gasteiger partial charge in [0.15, 0.2) is 0 Å². The quantitative estimate of drug-likeness (QED) is 0.522. The Hall–Kier alpha value is -3.02. The number of hydrogen-bond acceptors (Lipinski definition) is 3. The van der Waals surface area contributed by atoms with Crippen LogP contribution in [0.3, 0.4) is 0 Å². The number of amides is 2. The predicted octanol–water partition coefficient (Wildman–Crippen LogP) is 5.69. The van der Waals surface area contributed by atoms with E-state index in [1.807, 2.05) is 55.5 Å². The normalized spacial score (nSPS) is 14.5. The van der Waals surface area contributed by atoms with Crippen molar-refractivity contribution in [2.75, 3.05) is 11.9 Å². The molecule has 156 valence electrons. The highest BCUT2D eigenvalue weighted by molar-refractivity contribution is 8.04. The Morgan fingerprint density at radius 3 is 2.58 bits per heavy atom. The number of rotatable bonds is 4. The summed E-state index contributed by atoms with van der Waals surface area (Å²) in [4.78, 5) is 28.8. The van der Waals surface area contributed by atoms with Crippen LogP contribution in [0.5, 0.6) is 0 Å². The fourth-order valence-corrected chi connectivity index (χ4v) is 4.52. The number of benzene rings is 3. The van der Waals surface area contributed by atoms with E-state index in [9.17, 15) is 9.59 Å². The number of anilines is 1. The number of nitrogens with zero attached hydrogens (tertiary/aromatic N) is 1. The number of carbonyl (C=O) groups is 2. The van der Waals surface area contributed by atoms with Crippen LogP contribution >= 0.6 is 23.4 Å². The first-order valence-electron chi connectivity index (χ1n) is 9.82. The lowest BCUT2D eigenvalue weighted by Gasteiger charge is -2.27. The molecule has 0 aromatic heterocycles. The molecule has 0 atom stereocenters. The number of likely N-dealkylation sites (N-methyl/N-ethyl adjacent to an activating group) is 1. The predicted molar refractivity (Wildman–Crippen MR) is 127 cm³/mol. The molecule has 3 aromatic carbocycles. The maximum absolute atomic E-state index is 12.9. The van der Waals surface area contributed by atoms with E-state index in [4.69, 9.17) is 11.6 Å². The highest BCUT2D eigenvalue weighted by atomic mass is 35.5. The van der Waals surface area contributed by atoms with Crippen LogP contribution in [-0.4, -0.2) is 18.9 Å². The first-order chi connectivity index (χ1) is 14.9. The van der Waals surface area contributed by atoms with Crippen LogP contribution < -0.4 is 10.2 Å². The van der Waals surface area contributed by atoms with Gasteiger partial charge in [-0.2, -0.15) is 0 Å². The number of thioether (sulfide) groups is 1. The Morgan fingerprint density at radius 2 is 1.84 bits per heavy atom. The zero-order valence-corrected chi connectivity index (χ0v) is 18.8. The summed E-state index contributed by atoms with van der Waals surface area (Å²) in [6.07, 6.45) is 1.93. The summed E-state index contributed by atoms with van der Waals surface area (Å²) in [5.74, 6) is -0.274. The lowest BCUT2D eigenvalue weighted by atomic mass is 10.1. The van der Waals surface area contributed by atoms with Gasteiger partial charge in [-0.05, 0) is 60.0 Å². The SMILES string of the molecule is Cc1ccccc1C=C1Sc2ccc(C(=O)NCc3ccc(Cl)cc3)cc2N(C)C1=O. The molecule has 1 aliphatic heterocycles. The molecule has 6 heteroatoms. The van der Waals surface area contributed by atoms with Gasteiger partial charge >= 0.3 is 0 Å². The van der Waals surface area contributed by atoms with E-state index in [1.165, 1.54) is 11.8 Å². The van der Waals surface area contributed by atoms with Gasteiger partial charge in [0.2, 0.25) is 0 Å². The number of carbonyl (C=O) groups excluding carboxylic acids is 2. The second-order valence-electron chi connectivity index (χ2n) is 7.32. The lowest BCUT2D eigenvalue weighted by molar-refractivity contribution is -0.114. The highest BCUT2D eigenvalue weighted by Crippen LogP contribution is 2.42. The zero-order chi connectivity index (χ0) is 22.0. The highest BCUT2D eigenvalue weighted by Gasteiger charge is 2.27. The smallest absolute Gasteiger partial charge is 0.264 e. The van der Waals surface area contributed by atoms with Crippen LogP contribution in [0.2, 0.25) is 5.02 Å². The minimum absolute atomic E-state index is 0.0838. The van der Waals surface area contributed by atoms with Crippen molar-refractivity contribution in [3.8, 4) is 0 Å². The average Bonchev–Trinajstić information content (AvgIpc) is 2.78. The Balaban J connectivity index is 1.54. The van der Waals surface area contributed by atoms with Crippen molar-refractivity contribution >= 4 is 46.9 Å². The maximum atomic E-state index is 12.9. The average molecular weight is 449 g/mol. The number of halogens is 1. The lowest BCUT2D eigenvalue weighted by Crippen LogP contribution is -2.31. The Kier molecular flexibility index (Phi) is 6.16. The molecule has 0 spiro atoms. The van der Waals surface area contributed by atoms with Gasteiger partial charge in [-0.15, -0.1) is 0 Å². The van der Waals surface area contributed by atoms with E-state index in [1.54, 1.807) is 36.2 Å². The van der Waals surface area contributed by atoms with Gasteiger partial charge in [0.05, 0.1) is 10.6 Å². The molecule has 0 radical (unpaired) electrons. The third kappa shape index (κ3) is 4.68. The number of hydrogen-bond donors (Lipinski definition) is 1. The molecule has 0 bridgehead atoms. The molecule has 4 rings (SSSR count). The summed E-state index contributed by atoms with van der Waals surface area (Å²) in [6, 6.07) is 20.8. The van der Waals surface area contributed by atoms with Gasteiger partial charge in [-0.1, -0.05) is 59.8 Å². The van der Waals surface area contributed by atoms with Gasteiger partial charge in [-0.25, -0.2) is 0 Å². The van der Waals surface area contributed by atoms with Crippen molar-refractivity contribution in [3.05, 3.63) is 98.9 Å². The molecule has 0 aliphatic carbocycles. The van der Waals surface area contributed by atoms with Gasteiger partial charge in [0.25, 0.3) is 11.8 Å². The van der Waals surface area contributed by atoms with E-state index >= 15 is 0 Å². The van der Waals surface area contributed by atoms with Crippen LogP contribution in [0.15, 0.2) is 76.5 Å². The molecule has 0 saturated carbocycles. The minimum Gasteiger partial charge on any atom is -0.348 e. The monoisotopic (exact) mass is 448 g/mol. The van der Waals surface area contributed by atoms with E-state index in [0.29, 0.717) is 22.0 Å². The molecular weight excluding hydrogens is 428 g/mol. The zero-order valence-electron chi connectivity index (χ0n) is 17.2. The van der Waals surface area contributed by atoms with Gasteiger partial charge < -0.3 is 10.2 Å². The third-order valence-corrected chi connectivity index (χ3v) is 6.49. The molecule has 2 amide bonds. The molecule has 1 N–H and O–H groups in total. The molecule has 4 nitrogen and oxygen atoms in total. The van der Waals surface area contributed by atoms with Gasteiger partial charge in [-0.3, -0.25) is 9.59 Å². The standard InChI is InChI=1S/C25H21ClN2O2S/c1-16-5-3-4-6-18(16)14-23-25(30)28(2)21-13-19(9-12-22(21)31-23)24(29)27-15-17-7-10-20(26)11-8-17/h3-14H,15H2,1-2H3,(H,27,29). The van der Waals surface area contributed by atoms with Crippen molar-refractivity contribution in [2.45, 2.75) is 18.4 Å². The number of nitrogens with one attached hydrogen (secondary N) is 1. The minimum atomic E-state index is -0.190. The van der Waals surface area contributed by atoms with Crippen molar-refractivity contribution < 1.29 is 9.59 Å². The summed E-state index contributed by atoms with van der Waals surface area (Å²) in [7, 11) is 1.74. The Labute approximate surface area is 190 Å². The second kappa shape index (κ2) is 9.00. The Bertz CT molecular complexity index is 1190. The van der Waals surface area contributed by atoms with Crippen LogP contribution in [0, 0.1) is 6.92 Å². The van der Waals surface area contributed by atoms with Crippen molar-refractivity contribution in [1.82, 2.24) is 5.32 Å². The number of aryl methyl sites for hydroxylation is 1. The van der Waals surface area contributed by atoms with E-state index in [0.717, 1.165) is 27.3 Å². The molecule has 0 unspecified atom stereocenters. The fraction of sp³-hybridized carbons (Fsp3) is 0.120. The molecule has 3 aromatic rings. The van der Waals surface area contributed by atoms with E-state index < -0.39 is 0 Å². The van der Waals surface area contributed by atoms with Crippen molar-refractivity contribution in [3.63, 3.8) is 0 Å². The second-order valence-corrected chi connectivity index (χ2v) is 8.84. The van der Waals surface area contributed by atoms with Gasteiger partial charge in [0, 0.05) is 29.1 Å².